The molecule has 2 N–H and O–H groups in total. The topological polar surface area (TPSA) is 64.8 Å². The smallest absolute Gasteiger partial charge is 0.269 e. The number of fused-ring (bicyclic) bond motifs is 1. The summed E-state index contributed by atoms with van der Waals surface area (Å²) in [6.07, 6.45) is -0.505. The fourth-order valence-corrected chi connectivity index (χ4v) is 2.38. The highest BCUT2D eigenvalue weighted by molar-refractivity contribution is 5.99. The zero-order valence-electron chi connectivity index (χ0n) is 13.3. The minimum absolute atomic E-state index is 0.0624. The van der Waals surface area contributed by atoms with Crippen LogP contribution in [-0.2, 0) is 9.53 Å². The first-order chi connectivity index (χ1) is 9.75. The van der Waals surface area contributed by atoms with Crippen LogP contribution in [-0.4, -0.2) is 25.9 Å². The van der Waals surface area contributed by atoms with Crippen molar-refractivity contribution in [2.24, 2.45) is 11.1 Å². The van der Waals surface area contributed by atoms with E-state index in [2.05, 4.69) is 20.8 Å². The maximum absolute atomic E-state index is 12.2. The van der Waals surface area contributed by atoms with Crippen molar-refractivity contribution in [1.29, 1.82) is 0 Å². The standard InChI is InChI=1S/C16H24N2O3/c1-10-15(19)18(9-20-5)12-8-11(6-7-13(12)21-10)14(17)16(2,3)4/h6-8,10,14H,9,17H2,1-5H3. The molecule has 1 amide bonds. The molecule has 1 heterocycles. The molecule has 0 fully saturated rings. The first-order valence-electron chi connectivity index (χ1n) is 7.12. The maximum atomic E-state index is 12.2. The summed E-state index contributed by atoms with van der Waals surface area (Å²) in [7, 11) is 1.57. The Morgan fingerprint density at radius 2 is 2.10 bits per heavy atom. The van der Waals surface area contributed by atoms with E-state index in [-0.39, 0.29) is 24.1 Å². The van der Waals surface area contributed by atoms with Gasteiger partial charge < -0.3 is 15.2 Å². The van der Waals surface area contributed by atoms with Crippen LogP contribution in [0.3, 0.4) is 0 Å². The Labute approximate surface area is 126 Å². The van der Waals surface area contributed by atoms with Crippen molar-refractivity contribution in [3.05, 3.63) is 23.8 Å². The summed E-state index contributed by atoms with van der Waals surface area (Å²) in [5.41, 5.74) is 7.95. The molecule has 1 aromatic rings. The maximum Gasteiger partial charge on any atom is 0.269 e. The number of carbonyl (C=O) groups excluding carboxylic acids is 1. The Bertz CT molecular complexity index is 537. The number of carbonyl (C=O) groups is 1. The van der Waals surface area contributed by atoms with Crippen LogP contribution in [0.15, 0.2) is 18.2 Å². The number of anilines is 1. The SMILES string of the molecule is COCN1C(=O)C(C)Oc2ccc(C(N)C(C)(C)C)cc21. The molecule has 2 atom stereocenters. The van der Waals surface area contributed by atoms with Gasteiger partial charge in [0, 0.05) is 13.2 Å². The number of hydrogen-bond donors (Lipinski definition) is 1. The van der Waals surface area contributed by atoms with E-state index in [4.69, 9.17) is 15.2 Å². The van der Waals surface area contributed by atoms with Crippen LogP contribution < -0.4 is 15.4 Å². The number of hydrogen-bond acceptors (Lipinski definition) is 4. The molecule has 1 aromatic carbocycles. The van der Waals surface area contributed by atoms with Crippen molar-refractivity contribution in [1.82, 2.24) is 0 Å². The highest BCUT2D eigenvalue weighted by Crippen LogP contribution is 2.38. The van der Waals surface area contributed by atoms with E-state index < -0.39 is 6.10 Å². The van der Waals surface area contributed by atoms with Crippen molar-refractivity contribution >= 4 is 11.6 Å². The van der Waals surface area contributed by atoms with Crippen LogP contribution in [0.2, 0.25) is 0 Å². The van der Waals surface area contributed by atoms with Crippen LogP contribution in [0.4, 0.5) is 5.69 Å². The highest BCUT2D eigenvalue weighted by Gasteiger charge is 2.32. The Morgan fingerprint density at radius 3 is 2.67 bits per heavy atom. The Balaban J connectivity index is 2.44. The minimum Gasteiger partial charge on any atom is -0.479 e. The van der Waals surface area contributed by atoms with E-state index in [1.807, 2.05) is 18.2 Å². The summed E-state index contributed by atoms with van der Waals surface area (Å²) in [6.45, 7) is 8.21. The third-order valence-electron chi connectivity index (χ3n) is 3.74. The van der Waals surface area contributed by atoms with Gasteiger partial charge >= 0.3 is 0 Å². The van der Waals surface area contributed by atoms with Gasteiger partial charge in [-0.05, 0) is 30.0 Å². The molecule has 116 valence electrons. The van der Waals surface area contributed by atoms with E-state index in [0.717, 1.165) is 11.3 Å². The molecule has 21 heavy (non-hydrogen) atoms. The zero-order chi connectivity index (χ0) is 15.8. The van der Waals surface area contributed by atoms with Gasteiger partial charge in [-0.1, -0.05) is 26.8 Å². The fourth-order valence-electron chi connectivity index (χ4n) is 2.38. The number of benzene rings is 1. The predicted molar refractivity (Wildman–Crippen MR) is 82.3 cm³/mol. The lowest BCUT2D eigenvalue weighted by Gasteiger charge is -2.34. The lowest BCUT2D eigenvalue weighted by atomic mass is 9.83. The molecule has 0 bridgehead atoms. The molecule has 1 aliphatic heterocycles. The first kappa shape index (κ1) is 15.8. The van der Waals surface area contributed by atoms with Gasteiger partial charge in [-0.2, -0.15) is 0 Å². The van der Waals surface area contributed by atoms with Gasteiger partial charge in [0.1, 0.15) is 12.5 Å². The van der Waals surface area contributed by atoms with E-state index in [1.165, 1.54) is 0 Å². The second kappa shape index (κ2) is 5.66. The van der Waals surface area contributed by atoms with Gasteiger partial charge in [-0.3, -0.25) is 9.69 Å². The summed E-state index contributed by atoms with van der Waals surface area (Å²) in [5, 5.41) is 0. The normalized spacial score (nSPS) is 20.0. The molecular formula is C16H24N2O3. The van der Waals surface area contributed by atoms with Crippen molar-refractivity contribution in [2.75, 3.05) is 18.7 Å². The Kier molecular flexibility index (Phi) is 4.25. The van der Waals surface area contributed by atoms with Gasteiger partial charge in [0.25, 0.3) is 5.91 Å². The van der Waals surface area contributed by atoms with E-state index in [9.17, 15) is 4.79 Å². The van der Waals surface area contributed by atoms with Crippen molar-refractivity contribution in [3.8, 4) is 5.75 Å². The molecule has 0 radical (unpaired) electrons. The van der Waals surface area contributed by atoms with Crippen molar-refractivity contribution < 1.29 is 14.3 Å². The predicted octanol–water partition coefficient (Wildman–Crippen LogP) is 2.45. The quantitative estimate of drug-likeness (QED) is 0.929. The van der Waals surface area contributed by atoms with Gasteiger partial charge in [-0.25, -0.2) is 0 Å². The molecule has 5 nitrogen and oxygen atoms in total. The van der Waals surface area contributed by atoms with E-state index in [0.29, 0.717) is 5.75 Å². The number of rotatable bonds is 3. The summed E-state index contributed by atoms with van der Waals surface area (Å²) in [4.78, 5) is 13.8. The average molecular weight is 292 g/mol. The molecule has 2 rings (SSSR count). The van der Waals surface area contributed by atoms with Crippen molar-refractivity contribution in [2.45, 2.75) is 39.8 Å². The second-order valence-corrected chi connectivity index (χ2v) is 6.51. The van der Waals surface area contributed by atoms with Crippen LogP contribution in [0, 0.1) is 5.41 Å². The molecular weight excluding hydrogens is 268 g/mol. The summed E-state index contributed by atoms with van der Waals surface area (Å²) >= 11 is 0. The third-order valence-corrected chi connectivity index (χ3v) is 3.74. The van der Waals surface area contributed by atoms with Crippen LogP contribution in [0.1, 0.15) is 39.3 Å². The molecule has 5 heteroatoms. The Morgan fingerprint density at radius 1 is 1.43 bits per heavy atom. The lowest BCUT2D eigenvalue weighted by molar-refractivity contribution is -0.126. The third kappa shape index (κ3) is 3.04. The molecule has 0 saturated carbocycles. The number of methoxy groups -OCH3 is 1. The molecule has 0 saturated heterocycles. The van der Waals surface area contributed by atoms with Gasteiger partial charge in [0.05, 0.1) is 5.69 Å². The monoisotopic (exact) mass is 292 g/mol. The fraction of sp³-hybridized carbons (Fsp3) is 0.562. The first-order valence-corrected chi connectivity index (χ1v) is 7.12. The number of nitrogens with two attached hydrogens (primary N) is 1. The van der Waals surface area contributed by atoms with Crippen LogP contribution in [0.5, 0.6) is 5.75 Å². The summed E-state index contributed by atoms with van der Waals surface area (Å²) in [6, 6.07) is 5.64. The minimum atomic E-state index is -0.505. The lowest BCUT2D eigenvalue weighted by Crippen LogP contribution is -2.45. The van der Waals surface area contributed by atoms with E-state index >= 15 is 0 Å². The summed E-state index contributed by atoms with van der Waals surface area (Å²) in [5.74, 6) is 0.579. The summed E-state index contributed by atoms with van der Waals surface area (Å²) < 4.78 is 10.8. The van der Waals surface area contributed by atoms with Crippen molar-refractivity contribution in [3.63, 3.8) is 0 Å². The molecule has 1 aliphatic rings. The average Bonchev–Trinajstić information content (AvgIpc) is 2.41. The molecule has 0 aliphatic carbocycles. The number of amides is 1. The van der Waals surface area contributed by atoms with E-state index in [1.54, 1.807) is 18.9 Å². The second-order valence-electron chi connectivity index (χ2n) is 6.51. The van der Waals surface area contributed by atoms with Gasteiger partial charge in [-0.15, -0.1) is 0 Å². The van der Waals surface area contributed by atoms with Gasteiger partial charge in [0.15, 0.2) is 6.10 Å². The number of ether oxygens (including phenoxy) is 2. The van der Waals surface area contributed by atoms with Crippen LogP contribution >= 0.6 is 0 Å². The Hall–Kier alpha value is -1.59. The van der Waals surface area contributed by atoms with Crippen LogP contribution in [0.25, 0.3) is 0 Å². The largest absolute Gasteiger partial charge is 0.479 e. The molecule has 0 spiro atoms. The zero-order valence-corrected chi connectivity index (χ0v) is 13.3. The number of nitrogens with zero attached hydrogens (tertiary/aromatic N) is 1. The highest BCUT2D eigenvalue weighted by atomic mass is 16.5. The molecule has 2 unspecified atom stereocenters. The van der Waals surface area contributed by atoms with Gasteiger partial charge in [0.2, 0.25) is 0 Å². The molecule has 0 aromatic heterocycles.